The number of nitrogens with zero attached hydrogens (tertiary/aromatic N) is 2. The molecule has 0 aromatic carbocycles. The molecule has 1 aromatic heterocycles. The number of hydrogen-bond donors (Lipinski definition) is 0. The number of rotatable bonds is 4. The highest BCUT2D eigenvalue weighted by Crippen LogP contribution is 2.44. The summed E-state index contributed by atoms with van der Waals surface area (Å²) in [6.45, 7) is 1.62. The fourth-order valence-electron chi connectivity index (χ4n) is 3.75. The number of amides is 1. The van der Waals surface area contributed by atoms with E-state index >= 15 is 0 Å². The average molecular weight is 338 g/mol. The van der Waals surface area contributed by atoms with Gasteiger partial charge in [0.2, 0.25) is 5.88 Å². The first-order valence-electron chi connectivity index (χ1n) is 8.38. The van der Waals surface area contributed by atoms with E-state index < -0.39 is 23.0 Å². The molecule has 7 heteroatoms. The number of ether oxygens (including phenoxy) is 2. The zero-order valence-electron chi connectivity index (χ0n) is 13.3. The summed E-state index contributed by atoms with van der Waals surface area (Å²) in [4.78, 5) is 17.6. The largest absolute Gasteiger partial charge is 0.475 e. The molecule has 1 amide bonds. The van der Waals surface area contributed by atoms with E-state index in [1.165, 1.54) is 18.3 Å². The van der Waals surface area contributed by atoms with Gasteiger partial charge in [-0.1, -0.05) is 0 Å². The molecule has 1 spiro atoms. The average Bonchev–Trinajstić information content (AvgIpc) is 2.93. The molecule has 1 aromatic rings. The van der Waals surface area contributed by atoms with Crippen LogP contribution in [-0.4, -0.2) is 53.4 Å². The number of carbonyl (C=O) groups is 1. The third-order valence-corrected chi connectivity index (χ3v) is 5.48. The molecule has 2 saturated heterocycles. The van der Waals surface area contributed by atoms with Crippen LogP contribution in [0.15, 0.2) is 18.3 Å². The van der Waals surface area contributed by atoms with E-state index in [2.05, 4.69) is 4.98 Å². The topological polar surface area (TPSA) is 51.7 Å². The lowest BCUT2D eigenvalue weighted by Gasteiger charge is -2.52. The predicted molar refractivity (Wildman–Crippen MR) is 80.8 cm³/mol. The molecular weight excluding hydrogens is 318 g/mol. The molecule has 3 aliphatic rings. The highest BCUT2D eigenvalue weighted by molar-refractivity contribution is 5.87. The van der Waals surface area contributed by atoms with Crippen molar-refractivity contribution in [1.29, 1.82) is 0 Å². The Kier molecular flexibility index (Phi) is 3.71. The first-order valence-corrected chi connectivity index (χ1v) is 8.38. The summed E-state index contributed by atoms with van der Waals surface area (Å²) < 4.78 is 39.2. The highest BCUT2D eigenvalue weighted by Gasteiger charge is 2.58. The first-order chi connectivity index (χ1) is 11.5. The van der Waals surface area contributed by atoms with Crippen LogP contribution in [0.2, 0.25) is 0 Å². The van der Waals surface area contributed by atoms with Crippen molar-refractivity contribution < 1.29 is 23.0 Å². The Morgan fingerprint density at radius 3 is 2.92 bits per heavy atom. The molecule has 1 atom stereocenters. The summed E-state index contributed by atoms with van der Waals surface area (Å²) in [5, 5.41) is 0. The Hall–Kier alpha value is -1.76. The smallest absolute Gasteiger partial charge is 0.260 e. The van der Waals surface area contributed by atoms with Crippen LogP contribution in [0.1, 0.15) is 25.7 Å². The second kappa shape index (κ2) is 5.65. The normalized spacial score (nSPS) is 26.8. The summed E-state index contributed by atoms with van der Waals surface area (Å²) in [5.41, 5.74) is -2.15. The maximum atomic E-state index is 14.3. The summed E-state index contributed by atoms with van der Waals surface area (Å²) >= 11 is 0. The van der Waals surface area contributed by atoms with Gasteiger partial charge in [-0.05, 0) is 37.8 Å². The third-order valence-electron chi connectivity index (χ3n) is 5.48. The van der Waals surface area contributed by atoms with Gasteiger partial charge in [0.05, 0.1) is 19.7 Å². The van der Waals surface area contributed by atoms with Gasteiger partial charge in [0.15, 0.2) is 11.5 Å². The quantitative estimate of drug-likeness (QED) is 0.844. The Balaban J connectivity index is 1.36. The summed E-state index contributed by atoms with van der Waals surface area (Å²) in [6, 6.07) is 2.80. The van der Waals surface area contributed by atoms with Crippen LogP contribution in [0.4, 0.5) is 8.78 Å². The molecule has 5 nitrogen and oxygen atoms in total. The molecule has 1 aliphatic carbocycles. The first kappa shape index (κ1) is 15.7. The van der Waals surface area contributed by atoms with Crippen molar-refractivity contribution in [3.8, 4) is 5.88 Å². The molecule has 0 bridgehead atoms. The van der Waals surface area contributed by atoms with Crippen LogP contribution in [0, 0.1) is 11.7 Å². The van der Waals surface area contributed by atoms with E-state index in [0.29, 0.717) is 32.5 Å². The van der Waals surface area contributed by atoms with Crippen LogP contribution in [0.25, 0.3) is 0 Å². The predicted octanol–water partition coefficient (Wildman–Crippen LogP) is 2.11. The molecular formula is C17H20F2N2O3. The van der Waals surface area contributed by atoms with Gasteiger partial charge in [0.25, 0.3) is 5.91 Å². The lowest BCUT2D eigenvalue weighted by atomic mass is 9.76. The minimum atomic E-state index is -1.66. The number of hydrogen-bond acceptors (Lipinski definition) is 4. The molecule has 4 rings (SSSR count). The number of halogens is 2. The molecule has 3 heterocycles. The SMILES string of the molecule is O=C(N1CC2(C1)OCC[C@@H]2COc1ncccc1F)C1(F)CCC1. The third kappa shape index (κ3) is 2.46. The number of carbonyl (C=O) groups excluding carboxylic acids is 1. The van der Waals surface area contributed by atoms with Crippen molar-refractivity contribution >= 4 is 5.91 Å². The van der Waals surface area contributed by atoms with Gasteiger partial charge in [-0.2, -0.15) is 0 Å². The maximum Gasteiger partial charge on any atom is 0.260 e. The number of alkyl halides is 1. The van der Waals surface area contributed by atoms with Crippen molar-refractivity contribution in [3.63, 3.8) is 0 Å². The van der Waals surface area contributed by atoms with Crippen molar-refractivity contribution in [1.82, 2.24) is 9.88 Å². The second-order valence-electron chi connectivity index (χ2n) is 6.98. The zero-order valence-corrected chi connectivity index (χ0v) is 13.3. The molecule has 2 aliphatic heterocycles. The summed E-state index contributed by atoms with van der Waals surface area (Å²) in [5.74, 6) is -0.894. The minimum absolute atomic E-state index is 0.0241. The maximum absolute atomic E-state index is 14.3. The Morgan fingerprint density at radius 2 is 2.25 bits per heavy atom. The van der Waals surface area contributed by atoms with Crippen LogP contribution in [0.5, 0.6) is 5.88 Å². The number of likely N-dealkylation sites (tertiary alicyclic amines) is 1. The van der Waals surface area contributed by atoms with Crippen LogP contribution in [-0.2, 0) is 9.53 Å². The fourth-order valence-corrected chi connectivity index (χ4v) is 3.75. The van der Waals surface area contributed by atoms with E-state index in [-0.39, 0.29) is 18.4 Å². The van der Waals surface area contributed by atoms with Crippen LogP contribution in [0.3, 0.4) is 0 Å². The van der Waals surface area contributed by atoms with Crippen molar-refractivity contribution in [3.05, 3.63) is 24.1 Å². The van der Waals surface area contributed by atoms with Gasteiger partial charge >= 0.3 is 0 Å². The van der Waals surface area contributed by atoms with Gasteiger partial charge in [-0.15, -0.1) is 0 Å². The molecule has 130 valence electrons. The summed E-state index contributed by atoms with van der Waals surface area (Å²) in [6.07, 6.45) is 3.66. The van der Waals surface area contributed by atoms with E-state index in [9.17, 15) is 13.6 Å². The standard InChI is InChI=1S/C17H20F2N2O3/c18-13-3-1-7-20-14(13)23-9-12-4-8-24-17(12)10-21(11-17)15(22)16(19)5-2-6-16/h1,3,7,12H,2,4-6,8-11H2/t12-/m1/s1. The van der Waals surface area contributed by atoms with Crippen LogP contribution < -0.4 is 4.74 Å². The molecule has 0 radical (unpaired) electrons. The molecule has 24 heavy (non-hydrogen) atoms. The van der Waals surface area contributed by atoms with Crippen molar-refractivity contribution in [2.75, 3.05) is 26.3 Å². The Bertz CT molecular complexity index is 644. The van der Waals surface area contributed by atoms with Crippen LogP contribution >= 0.6 is 0 Å². The summed E-state index contributed by atoms with van der Waals surface area (Å²) in [7, 11) is 0. The van der Waals surface area contributed by atoms with E-state index in [4.69, 9.17) is 9.47 Å². The number of pyridine rings is 1. The monoisotopic (exact) mass is 338 g/mol. The van der Waals surface area contributed by atoms with Gasteiger partial charge in [0, 0.05) is 18.7 Å². The molecule has 0 N–H and O–H groups in total. The molecule has 0 unspecified atom stereocenters. The van der Waals surface area contributed by atoms with E-state index in [1.54, 1.807) is 4.90 Å². The van der Waals surface area contributed by atoms with Gasteiger partial charge < -0.3 is 14.4 Å². The Labute approximate surface area is 138 Å². The zero-order chi connectivity index (χ0) is 16.8. The van der Waals surface area contributed by atoms with E-state index in [0.717, 1.165) is 12.8 Å². The Morgan fingerprint density at radius 1 is 1.46 bits per heavy atom. The minimum Gasteiger partial charge on any atom is -0.475 e. The fraction of sp³-hybridized carbons (Fsp3) is 0.647. The molecule has 1 saturated carbocycles. The lowest BCUT2D eigenvalue weighted by molar-refractivity contribution is -0.182. The number of aromatic nitrogens is 1. The van der Waals surface area contributed by atoms with Gasteiger partial charge in [-0.3, -0.25) is 4.79 Å². The van der Waals surface area contributed by atoms with Crippen molar-refractivity contribution in [2.24, 2.45) is 5.92 Å². The lowest BCUT2D eigenvalue weighted by Crippen LogP contribution is -2.69. The van der Waals surface area contributed by atoms with Crippen molar-refractivity contribution in [2.45, 2.75) is 37.0 Å². The van der Waals surface area contributed by atoms with Gasteiger partial charge in [0.1, 0.15) is 5.60 Å². The van der Waals surface area contributed by atoms with E-state index in [1.807, 2.05) is 0 Å². The second-order valence-corrected chi connectivity index (χ2v) is 6.98. The highest BCUT2D eigenvalue weighted by atomic mass is 19.1. The molecule has 3 fully saturated rings. The van der Waals surface area contributed by atoms with Gasteiger partial charge in [-0.25, -0.2) is 13.8 Å².